The molecule has 1 aliphatic rings. The molecule has 6 nitrogen and oxygen atoms in total. The van der Waals surface area contributed by atoms with Gasteiger partial charge in [0.1, 0.15) is 5.54 Å². The molecule has 1 aromatic rings. The third-order valence-electron chi connectivity index (χ3n) is 4.55. The molecular weight excluding hydrogens is 318 g/mol. The van der Waals surface area contributed by atoms with E-state index >= 15 is 0 Å². The molecule has 6 heteroatoms. The molecule has 0 aromatic heterocycles. The van der Waals surface area contributed by atoms with Gasteiger partial charge in [-0.05, 0) is 45.2 Å². The first-order chi connectivity index (χ1) is 11.6. The van der Waals surface area contributed by atoms with Gasteiger partial charge >= 0.3 is 6.03 Å². The number of urea groups is 1. The van der Waals surface area contributed by atoms with Crippen molar-refractivity contribution in [3.8, 4) is 0 Å². The van der Waals surface area contributed by atoms with Crippen molar-refractivity contribution in [3.63, 3.8) is 0 Å². The summed E-state index contributed by atoms with van der Waals surface area (Å²) < 4.78 is 0. The Kier molecular flexibility index (Phi) is 5.50. The van der Waals surface area contributed by atoms with Gasteiger partial charge in [-0.3, -0.25) is 14.5 Å². The second-order valence-corrected chi connectivity index (χ2v) is 7.30. The Morgan fingerprint density at radius 3 is 2.48 bits per heavy atom. The van der Waals surface area contributed by atoms with E-state index in [1.807, 2.05) is 26.0 Å². The fourth-order valence-corrected chi connectivity index (χ4v) is 2.97. The summed E-state index contributed by atoms with van der Waals surface area (Å²) in [4.78, 5) is 39.1. The van der Waals surface area contributed by atoms with Crippen molar-refractivity contribution in [2.75, 3.05) is 13.6 Å². The van der Waals surface area contributed by atoms with Crippen LogP contribution in [0.25, 0.3) is 0 Å². The Hall–Kier alpha value is -2.37. The third kappa shape index (κ3) is 4.38. The van der Waals surface area contributed by atoms with Gasteiger partial charge in [-0.2, -0.15) is 0 Å². The van der Waals surface area contributed by atoms with Crippen LogP contribution in [0.5, 0.6) is 0 Å². The Morgan fingerprint density at radius 2 is 1.92 bits per heavy atom. The summed E-state index contributed by atoms with van der Waals surface area (Å²) in [7, 11) is 1.78. The maximum Gasteiger partial charge on any atom is 0.325 e. The van der Waals surface area contributed by atoms with Crippen LogP contribution >= 0.6 is 0 Å². The SMILES string of the molecule is Cc1ccc(CN(C)C(=O)CCCN2C(=O)NC(C)(C)C2=O)c(C)c1. The minimum atomic E-state index is -0.860. The number of nitrogens with one attached hydrogen (secondary N) is 1. The minimum absolute atomic E-state index is 0.00582. The number of nitrogens with zero attached hydrogens (tertiary/aromatic N) is 2. The maximum absolute atomic E-state index is 12.3. The van der Waals surface area contributed by atoms with E-state index in [1.165, 1.54) is 16.0 Å². The molecule has 25 heavy (non-hydrogen) atoms. The number of hydrogen-bond acceptors (Lipinski definition) is 3. The summed E-state index contributed by atoms with van der Waals surface area (Å²) in [5.74, 6) is -0.236. The Labute approximate surface area is 149 Å². The molecule has 1 aliphatic heterocycles. The van der Waals surface area contributed by atoms with Crippen molar-refractivity contribution >= 4 is 17.8 Å². The first-order valence-electron chi connectivity index (χ1n) is 8.56. The van der Waals surface area contributed by atoms with Crippen molar-refractivity contribution in [1.82, 2.24) is 15.1 Å². The molecule has 0 spiro atoms. The van der Waals surface area contributed by atoms with Gasteiger partial charge in [0.05, 0.1) is 0 Å². The van der Waals surface area contributed by atoms with Gasteiger partial charge in [0.15, 0.2) is 0 Å². The molecule has 2 rings (SSSR count). The summed E-state index contributed by atoms with van der Waals surface area (Å²) in [5, 5.41) is 2.64. The number of amides is 4. The Balaban J connectivity index is 1.84. The predicted molar refractivity (Wildman–Crippen MR) is 95.9 cm³/mol. The summed E-state index contributed by atoms with van der Waals surface area (Å²) in [6.07, 6.45) is 0.768. The fraction of sp³-hybridized carbons (Fsp3) is 0.526. The monoisotopic (exact) mass is 345 g/mol. The van der Waals surface area contributed by atoms with Gasteiger partial charge in [0.25, 0.3) is 5.91 Å². The first-order valence-corrected chi connectivity index (χ1v) is 8.56. The molecule has 1 saturated heterocycles. The topological polar surface area (TPSA) is 69.7 Å². The predicted octanol–water partition coefficient (Wildman–Crippen LogP) is 2.37. The van der Waals surface area contributed by atoms with E-state index < -0.39 is 5.54 Å². The quantitative estimate of drug-likeness (QED) is 0.805. The molecule has 0 radical (unpaired) electrons. The second kappa shape index (κ2) is 7.25. The normalized spacial score (nSPS) is 16.1. The summed E-state index contributed by atoms with van der Waals surface area (Å²) in [5.41, 5.74) is 2.63. The average Bonchev–Trinajstić information content (AvgIpc) is 2.71. The van der Waals surface area contributed by atoms with Crippen molar-refractivity contribution in [2.45, 2.75) is 52.6 Å². The van der Waals surface area contributed by atoms with Crippen LogP contribution in [0, 0.1) is 13.8 Å². The van der Waals surface area contributed by atoms with Crippen molar-refractivity contribution in [2.24, 2.45) is 0 Å². The molecule has 0 aliphatic carbocycles. The second-order valence-electron chi connectivity index (χ2n) is 7.30. The molecule has 1 aromatic carbocycles. The lowest BCUT2D eigenvalue weighted by molar-refractivity contribution is -0.132. The Bertz CT molecular complexity index is 697. The van der Waals surface area contributed by atoms with Crippen LogP contribution in [-0.2, 0) is 16.1 Å². The molecule has 0 bridgehead atoms. The average molecular weight is 345 g/mol. The number of carbonyl (C=O) groups is 3. The lowest BCUT2D eigenvalue weighted by Gasteiger charge is -2.20. The summed E-state index contributed by atoms with van der Waals surface area (Å²) >= 11 is 0. The summed E-state index contributed by atoms with van der Waals surface area (Å²) in [6, 6.07) is 5.81. The molecule has 0 unspecified atom stereocenters. The standard InChI is InChI=1S/C19H27N3O3/c1-13-8-9-15(14(2)11-13)12-21(5)16(23)7-6-10-22-17(24)19(3,4)20-18(22)25/h8-9,11H,6-7,10,12H2,1-5H3,(H,20,25). The van der Waals surface area contributed by atoms with E-state index in [9.17, 15) is 14.4 Å². The molecule has 1 fully saturated rings. The molecular formula is C19H27N3O3. The van der Waals surface area contributed by atoms with Gasteiger partial charge in [-0.1, -0.05) is 23.8 Å². The van der Waals surface area contributed by atoms with Gasteiger partial charge in [-0.15, -0.1) is 0 Å². The van der Waals surface area contributed by atoms with E-state index in [0.29, 0.717) is 19.4 Å². The number of hydrogen-bond donors (Lipinski definition) is 1. The van der Waals surface area contributed by atoms with Gasteiger partial charge in [-0.25, -0.2) is 4.79 Å². The molecule has 0 atom stereocenters. The molecule has 1 heterocycles. The van der Waals surface area contributed by atoms with Crippen LogP contribution in [0.15, 0.2) is 18.2 Å². The largest absolute Gasteiger partial charge is 0.341 e. The minimum Gasteiger partial charge on any atom is -0.341 e. The van der Waals surface area contributed by atoms with Crippen molar-refractivity contribution in [3.05, 3.63) is 34.9 Å². The first kappa shape index (κ1) is 19.0. The zero-order valence-corrected chi connectivity index (χ0v) is 15.7. The maximum atomic E-state index is 12.3. The third-order valence-corrected chi connectivity index (χ3v) is 4.55. The molecule has 136 valence electrons. The highest BCUT2D eigenvalue weighted by molar-refractivity contribution is 6.06. The number of benzene rings is 1. The summed E-state index contributed by atoms with van der Waals surface area (Å²) in [6.45, 7) is 8.26. The van der Waals surface area contributed by atoms with Crippen molar-refractivity contribution in [1.29, 1.82) is 0 Å². The number of carbonyl (C=O) groups excluding carboxylic acids is 3. The van der Waals surface area contributed by atoms with E-state index in [0.717, 1.165) is 5.56 Å². The van der Waals surface area contributed by atoms with Crippen LogP contribution in [0.1, 0.15) is 43.4 Å². The van der Waals surface area contributed by atoms with Gasteiger partial charge < -0.3 is 10.2 Å². The van der Waals surface area contributed by atoms with Crippen LogP contribution in [-0.4, -0.2) is 46.8 Å². The fourth-order valence-electron chi connectivity index (χ4n) is 2.97. The smallest absolute Gasteiger partial charge is 0.325 e. The highest BCUT2D eigenvalue weighted by Crippen LogP contribution is 2.17. The van der Waals surface area contributed by atoms with E-state index in [1.54, 1.807) is 25.8 Å². The van der Waals surface area contributed by atoms with E-state index in [-0.39, 0.29) is 24.4 Å². The lowest BCUT2D eigenvalue weighted by atomic mass is 10.1. The van der Waals surface area contributed by atoms with E-state index in [2.05, 4.69) is 11.4 Å². The Morgan fingerprint density at radius 1 is 1.24 bits per heavy atom. The van der Waals surface area contributed by atoms with Crippen LogP contribution in [0.4, 0.5) is 4.79 Å². The van der Waals surface area contributed by atoms with Crippen LogP contribution in [0.2, 0.25) is 0 Å². The van der Waals surface area contributed by atoms with Gasteiger partial charge in [0.2, 0.25) is 5.91 Å². The number of imide groups is 1. The van der Waals surface area contributed by atoms with Crippen LogP contribution < -0.4 is 5.32 Å². The van der Waals surface area contributed by atoms with E-state index in [4.69, 9.17) is 0 Å². The van der Waals surface area contributed by atoms with Gasteiger partial charge in [0, 0.05) is 26.6 Å². The highest BCUT2D eigenvalue weighted by Gasteiger charge is 2.43. The molecule has 0 saturated carbocycles. The zero-order chi connectivity index (χ0) is 18.8. The highest BCUT2D eigenvalue weighted by atomic mass is 16.2. The lowest BCUT2D eigenvalue weighted by Crippen LogP contribution is -2.40. The number of rotatable bonds is 6. The molecule has 4 amide bonds. The van der Waals surface area contributed by atoms with Crippen molar-refractivity contribution < 1.29 is 14.4 Å². The molecule has 1 N–H and O–H groups in total. The number of aryl methyl sites for hydroxylation is 2. The zero-order valence-electron chi connectivity index (χ0n) is 15.7. The van der Waals surface area contributed by atoms with Crippen LogP contribution in [0.3, 0.4) is 0 Å².